The molecule has 8 atom stereocenters. The molecule has 13 nitrogen and oxygen atoms in total. The smallest absolute Gasteiger partial charge is 0.462 e. The molecule has 0 heterocycles. The Morgan fingerprint density at radius 3 is 1.32 bits per heavy atom. The van der Waals surface area contributed by atoms with Gasteiger partial charge in [-0.2, -0.15) is 0 Å². The van der Waals surface area contributed by atoms with Gasteiger partial charge in [-0.15, -0.1) is 0 Å². The second-order valence-corrected chi connectivity index (χ2v) is 17.7. The predicted molar refractivity (Wildman–Crippen MR) is 230 cm³/mol. The van der Waals surface area contributed by atoms with Crippen LogP contribution in [0.25, 0.3) is 0 Å². The SMILES string of the molecule is CCCCCCCC/C=C/CCCCCCCC(=O)OC[C@H](COP(=O)(O)OC1C(O)C(O)C(O)[C@@H](O)C1O)OC(=O)CCCC/C=C/CCCCCCCCCCC. The summed E-state index contributed by atoms with van der Waals surface area (Å²) in [6.07, 6.45) is 25.2. The molecule has 1 fully saturated rings. The maximum Gasteiger partial charge on any atom is 0.472 e. The van der Waals surface area contributed by atoms with E-state index in [1.165, 1.54) is 96.3 Å². The molecule has 0 saturated heterocycles. The van der Waals surface area contributed by atoms with Crippen molar-refractivity contribution in [2.75, 3.05) is 13.2 Å². The summed E-state index contributed by atoms with van der Waals surface area (Å²) < 4.78 is 33.5. The minimum atomic E-state index is -5.12. The summed E-state index contributed by atoms with van der Waals surface area (Å²) in [5.41, 5.74) is 0. The zero-order valence-corrected chi connectivity index (χ0v) is 37.4. The molecular formula is C45H83O13P. The van der Waals surface area contributed by atoms with Crippen molar-refractivity contribution in [3.05, 3.63) is 24.3 Å². The molecule has 0 radical (unpaired) electrons. The van der Waals surface area contributed by atoms with Crippen LogP contribution in [0.5, 0.6) is 0 Å². The fraction of sp³-hybridized carbons (Fsp3) is 0.867. The van der Waals surface area contributed by atoms with Crippen molar-refractivity contribution in [3.8, 4) is 0 Å². The molecule has 0 aromatic carbocycles. The second kappa shape index (κ2) is 35.9. The quantitative estimate of drug-likeness (QED) is 0.0149. The normalized spacial score (nSPS) is 22.5. The van der Waals surface area contributed by atoms with E-state index in [0.29, 0.717) is 12.8 Å². The van der Waals surface area contributed by atoms with Crippen LogP contribution in [0.3, 0.4) is 0 Å². The van der Waals surface area contributed by atoms with Gasteiger partial charge in [0.1, 0.15) is 43.2 Å². The fourth-order valence-corrected chi connectivity index (χ4v) is 7.95. The zero-order valence-electron chi connectivity index (χ0n) is 36.6. The first-order valence-electron chi connectivity index (χ1n) is 23.1. The maximum atomic E-state index is 12.8. The minimum absolute atomic E-state index is 0.0668. The largest absolute Gasteiger partial charge is 0.472 e. The first kappa shape index (κ1) is 55.3. The van der Waals surface area contributed by atoms with Gasteiger partial charge in [0, 0.05) is 12.8 Å². The molecule has 0 aromatic heterocycles. The third-order valence-corrected chi connectivity index (χ3v) is 11.8. The molecule has 1 aliphatic rings. The van der Waals surface area contributed by atoms with E-state index in [2.05, 4.69) is 38.2 Å². The van der Waals surface area contributed by atoms with Crippen molar-refractivity contribution < 1.29 is 63.1 Å². The number of hydrogen-bond donors (Lipinski definition) is 6. The Balaban J connectivity index is 2.48. The van der Waals surface area contributed by atoms with Crippen LogP contribution in [0.4, 0.5) is 0 Å². The highest BCUT2D eigenvalue weighted by atomic mass is 31.2. The van der Waals surface area contributed by atoms with E-state index in [0.717, 1.165) is 57.8 Å². The van der Waals surface area contributed by atoms with Gasteiger partial charge in [0.2, 0.25) is 0 Å². The molecule has 1 rings (SSSR count). The molecule has 0 aliphatic heterocycles. The molecule has 1 aliphatic carbocycles. The van der Waals surface area contributed by atoms with Crippen molar-refractivity contribution in [2.24, 2.45) is 0 Å². The highest BCUT2D eigenvalue weighted by Crippen LogP contribution is 2.47. The van der Waals surface area contributed by atoms with Crippen molar-refractivity contribution in [1.82, 2.24) is 0 Å². The third-order valence-electron chi connectivity index (χ3n) is 10.8. The van der Waals surface area contributed by atoms with E-state index in [1.54, 1.807) is 0 Å². The number of rotatable bonds is 38. The molecule has 6 unspecified atom stereocenters. The lowest BCUT2D eigenvalue weighted by molar-refractivity contribution is -0.220. The number of hydrogen-bond acceptors (Lipinski definition) is 12. The lowest BCUT2D eigenvalue weighted by Crippen LogP contribution is -2.64. The van der Waals surface area contributed by atoms with E-state index in [4.69, 9.17) is 18.5 Å². The summed E-state index contributed by atoms with van der Waals surface area (Å²) in [5, 5.41) is 50.1. The molecule has 14 heteroatoms. The fourth-order valence-electron chi connectivity index (χ4n) is 6.98. The third kappa shape index (κ3) is 28.5. The van der Waals surface area contributed by atoms with Gasteiger partial charge in [0.05, 0.1) is 6.61 Å². The standard InChI is InChI=1S/C45H83O13P/c1-3-5-7-9-11-13-15-17-19-21-23-25-27-29-31-33-38(46)55-35-37(36-56-59(53,54)58-45-43(51)41(49)40(48)42(50)44(45)52)57-39(47)34-32-30-28-26-24-22-20-18-16-14-12-10-8-6-4-2/h17,19,24,26,37,40-45,48-52H,3-16,18,20-23,25,27-36H2,1-2H3,(H,53,54)/b19-17+,26-24+/t37-,40?,41-,42?,43?,44?,45?/m1/s1. The number of phosphoric acid groups is 1. The molecule has 1 saturated carbocycles. The maximum absolute atomic E-state index is 12.8. The first-order chi connectivity index (χ1) is 28.4. The number of ether oxygens (including phenoxy) is 2. The zero-order chi connectivity index (χ0) is 43.6. The van der Waals surface area contributed by atoms with Crippen LogP contribution in [-0.4, -0.2) is 98.3 Å². The Hall–Kier alpha value is -1.67. The van der Waals surface area contributed by atoms with Crippen molar-refractivity contribution in [3.63, 3.8) is 0 Å². The monoisotopic (exact) mass is 863 g/mol. The second-order valence-electron chi connectivity index (χ2n) is 16.3. The van der Waals surface area contributed by atoms with Crippen LogP contribution in [-0.2, 0) is 32.7 Å². The number of carbonyl (C=O) groups is 2. The summed E-state index contributed by atoms with van der Waals surface area (Å²) in [6, 6.07) is 0. The van der Waals surface area contributed by atoms with Gasteiger partial charge in [-0.1, -0.05) is 141 Å². The van der Waals surface area contributed by atoms with Crippen LogP contribution in [0.1, 0.15) is 194 Å². The van der Waals surface area contributed by atoms with Crippen LogP contribution in [0.15, 0.2) is 24.3 Å². The van der Waals surface area contributed by atoms with Gasteiger partial charge in [-0.25, -0.2) is 4.57 Å². The van der Waals surface area contributed by atoms with Crippen molar-refractivity contribution in [2.45, 2.75) is 236 Å². The van der Waals surface area contributed by atoms with E-state index in [1.807, 2.05) is 0 Å². The van der Waals surface area contributed by atoms with Gasteiger partial charge in [0.15, 0.2) is 6.10 Å². The van der Waals surface area contributed by atoms with E-state index < -0.39 is 75.7 Å². The predicted octanol–water partition coefficient (Wildman–Crippen LogP) is 8.84. The molecule has 0 aromatic rings. The molecule has 0 bridgehead atoms. The molecule has 6 N–H and O–H groups in total. The first-order valence-corrected chi connectivity index (χ1v) is 24.6. The minimum Gasteiger partial charge on any atom is -0.462 e. The Labute approximate surface area is 356 Å². The number of aliphatic hydroxyl groups is 5. The summed E-state index contributed by atoms with van der Waals surface area (Å²) >= 11 is 0. The summed E-state index contributed by atoms with van der Waals surface area (Å²) in [4.78, 5) is 35.7. The van der Waals surface area contributed by atoms with Gasteiger partial charge in [-0.3, -0.25) is 18.6 Å². The number of unbranched alkanes of at least 4 members (excludes halogenated alkanes) is 22. The number of esters is 2. The van der Waals surface area contributed by atoms with Crippen LogP contribution in [0, 0.1) is 0 Å². The Bertz CT molecular complexity index is 1130. The number of carbonyl (C=O) groups excluding carboxylic acids is 2. The lowest BCUT2D eigenvalue weighted by atomic mass is 9.85. The van der Waals surface area contributed by atoms with Gasteiger partial charge in [-0.05, 0) is 64.2 Å². The molecule has 0 spiro atoms. The number of allylic oxidation sites excluding steroid dienone is 4. The molecule has 59 heavy (non-hydrogen) atoms. The van der Waals surface area contributed by atoms with Crippen LogP contribution >= 0.6 is 7.82 Å². The summed E-state index contributed by atoms with van der Waals surface area (Å²) in [6.45, 7) is 3.27. The van der Waals surface area contributed by atoms with Crippen LogP contribution < -0.4 is 0 Å². The Morgan fingerprint density at radius 1 is 0.508 bits per heavy atom. The summed E-state index contributed by atoms with van der Waals surface area (Å²) in [5.74, 6) is -1.13. The molecular weight excluding hydrogens is 779 g/mol. The van der Waals surface area contributed by atoms with Gasteiger partial charge in [0.25, 0.3) is 0 Å². The topological polar surface area (TPSA) is 210 Å². The van der Waals surface area contributed by atoms with Crippen LogP contribution in [0.2, 0.25) is 0 Å². The van der Waals surface area contributed by atoms with Crippen molar-refractivity contribution in [1.29, 1.82) is 0 Å². The van der Waals surface area contributed by atoms with Gasteiger partial charge >= 0.3 is 19.8 Å². The average Bonchev–Trinajstić information content (AvgIpc) is 3.21. The Kier molecular flexibility index (Phi) is 33.7. The Morgan fingerprint density at radius 2 is 0.864 bits per heavy atom. The summed E-state index contributed by atoms with van der Waals surface area (Å²) in [7, 11) is -5.12. The number of aliphatic hydroxyl groups excluding tert-OH is 5. The van der Waals surface area contributed by atoms with E-state index in [-0.39, 0.29) is 12.8 Å². The van der Waals surface area contributed by atoms with E-state index >= 15 is 0 Å². The highest BCUT2D eigenvalue weighted by Gasteiger charge is 2.51. The van der Waals surface area contributed by atoms with Gasteiger partial charge < -0.3 is 39.9 Å². The highest BCUT2D eigenvalue weighted by molar-refractivity contribution is 7.47. The molecule has 346 valence electrons. The van der Waals surface area contributed by atoms with Crippen molar-refractivity contribution >= 4 is 19.8 Å². The molecule has 0 amide bonds. The lowest BCUT2D eigenvalue weighted by Gasteiger charge is -2.41. The average molecular weight is 863 g/mol. The van der Waals surface area contributed by atoms with E-state index in [9.17, 15) is 44.6 Å². The number of phosphoric ester groups is 1.